The molecule has 1 aliphatic heterocycles. The summed E-state index contributed by atoms with van der Waals surface area (Å²) in [6.45, 7) is 5.63. The lowest BCUT2D eigenvalue weighted by molar-refractivity contribution is -0.274. The Morgan fingerprint density at radius 2 is 1.81 bits per heavy atom. The molecular weight excluding hydrogens is 482 g/mol. The zero-order chi connectivity index (χ0) is 26.7. The molecule has 1 aliphatic rings. The number of halogens is 4. The SMILES string of the molecule is COc1ccc(CC2NC(=O)CC(C(=O)N[C@@H](c3ccc(OC(F)(F)F)cc3)C(C)(C)C)N2)cc1F. The number of hydrogen-bond acceptors (Lipinski definition) is 5. The van der Waals surface area contributed by atoms with E-state index in [1.165, 1.54) is 43.5 Å². The Labute approximate surface area is 206 Å². The maximum Gasteiger partial charge on any atom is 0.573 e. The van der Waals surface area contributed by atoms with Crippen molar-refractivity contribution in [3.8, 4) is 11.5 Å². The Bertz CT molecular complexity index is 1080. The number of carbonyl (C=O) groups excluding carboxylic acids is 2. The Morgan fingerprint density at radius 1 is 1.14 bits per heavy atom. The highest BCUT2D eigenvalue weighted by Crippen LogP contribution is 2.34. The van der Waals surface area contributed by atoms with Crippen LogP contribution in [0.5, 0.6) is 11.5 Å². The van der Waals surface area contributed by atoms with Crippen LogP contribution in [0.2, 0.25) is 0 Å². The highest BCUT2D eigenvalue weighted by Gasteiger charge is 2.35. The quantitative estimate of drug-likeness (QED) is 0.490. The number of rotatable bonds is 7. The van der Waals surface area contributed by atoms with E-state index < -0.39 is 41.8 Å². The lowest BCUT2D eigenvalue weighted by Crippen LogP contribution is -2.61. The zero-order valence-corrected chi connectivity index (χ0v) is 20.3. The lowest BCUT2D eigenvalue weighted by Gasteiger charge is -2.36. The van der Waals surface area contributed by atoms with Gasteiger partial charge in [-0.25, -0.2) is 4.39 Å². The molecule has 0 bridgehead atoms. The second-order valence-electron chi connectivity index (χ2n) is 9.64. The maximum atomic E-state index is 14.0. The first-order valence-corrected chi connectivity index (χ1v) is 11.3. The van der Waals surface area contributed by atoms with Crippen molar-refractivity contribution < 1.29 is 36.6 Å². The molecule has 1 fully saturated rings. The Hall–Kier alpha value is -3.34. The molecule has 196 valence electrons. The third-order valence-corrected chi connectivity index (χ3v) is 5.70. The van der Waals surface area contributed by atoms with Crippen molar-refractivity contribution in [1.82, 2.24) is 16.0 Å². The second kappa shape index (κ2) is 10.7. The minimum atomic E-state index is -4.81. The van der Waals surface area contributed by atoms with Crippen LogP contribution < -0.4 is 25.4 Å². The summed E-state index contributed by atoms with van der Waals surface area (Å²) >= 11 is 0. The topological polar surface area (TPSA) is 88.7 Å². The molecule has 0 radical (unpaired) electrons. The van der Waals surface area contributed by atoms with Gasteiger partial charge in [-0.05, 0) is 40.8 Å². The van der Waals surface area contributed by atoms with Crippen LogP contribution in [-0.2, 0) is 16.0 Å². The maximum absolute atomic E-state index is 14.0. The van der Waals surface area contributed by atoms with Crippen LogP contribution in [0.4, 0.5) is 17.6 Å². The number of alkyl halides is 3. The van der Waals surface area contributed by atoms with E-state index >= 15 is 0 Å². The van der Waals surface area contributed by atoms with Gasteiger partial charge in [0.25, 0.3) is 0 Å². The highest BCUT2D eigenvalue weighted by molar-refractivity contribution is 5.89. The first kappa shape index (κ1) is 27.3. The van der Waals surface area contributed by atoms with Crippen LogP contribution in [0.3, 0.4) is 0 Å². The molecule has 11 heteroatoms. The van der Waals surface area contributed by atoms with Crippen molar-refractivity contribution in [2.24, 2.45) is 5.41 Å². The Morgan fingerprint density at radius 3 is 2.36 bits per heavy atom. The van der Waals surface area contributed by atoms with Crippen molar-refractivity contribution in [2.45, 2.75) is 58.2 Å². The van der Waals surface area contributed by atoms with Crippen LogP contribution in [-0.4, -0.2) is 37.5 Å². The van der Waals surface area contributed by atoms with Crippen LogP contribution in [0.25, 0.3) is 0 Å². The summed E-state index contributed by atoms with van der Waals surface area (Å²) in [6.07, 6.45) is -5.28. The molecule has 1 heterocycles. The van der Waals surface area contributed by atoms with Gasteiger partial charge in [-0.1, -0.05) is 39.0 Å². The molecule has 0 aliphatic carbocycles. The standard InChI is InChI=1S/C25H29F4N3O4/c1-24(2,3)22(15-6-8-16(9-7-15)36-25(27,28)29)32-23(34)18-13-21(33)31-20(30-18)12-14-5-10-19(35-4)17(26)11-14/h5-11,18,20,22,30H,12-13H2,1-4H3,(H,31,33)(H,32,34)/t18?,20?,22-/m0/s1. The molecule has 2 amide bonds. The Kier molecular flexibility index (Phi) is 8.12. The average molecular weight is 512 g/mol. The van der Waals surface area contributed by atoms with Crippen LogP contribution in [0.15, 0.2) is 42.5 Å². The van der Waals surface area contributed by atoms with E-state index in [0.29, 0.717) is 11.1 Å². The molecule has 0 saturated carbocycles. The van der Waals surface area contributed by atoms with E-state index in [0.717, 1.165) is 0 Å². The number of amides is 2. The molecule has 1 saturated heterocycles. The van der Waals surface area contributed by atoms with Crippen molar-refractivity contribution in [3.05, 3.63) is 59.4 Å². The number of carbonyl (C=O) groups is 2. The molecule has 3 N–H and O–H groups in total. The van der Waals surface area contributed by atoms with Gasteiger partial charge in [-0.3, -0.25) is 14.9 Å². The number of benzene rings is 2. The van der Waals surface area contributed by atoms with E-state index in [4.69, 9.17) is 4.74 Å². The predicted octanol–water partition coefficient (Wildman–Crippen LogP) is 3.98. The zero-order valence-electron chi connectivity index (χ0n) is 20.3. The fraction of sp³-hybridized carbons (Fsp3) is 0.440. The largest absolute Gasteiger partial charge is 0.573 e. The molecule has 2 aromatic rings. The second-order valence-corrected chi connectivity index (χ2v) is 9.64. The third kappa shape index (κ3) is 7.33. The predicted molar refractivity (Wildman–Crippen MR) is 124 cm³/mol. The van der Waals surface area contributed by atoms with E-state index in [1.807, 2.05) is 20.8 Å². The monoisotopic (exact) mass is 511 g/mol. The van der Waals surface area contributed by atoms with Crippen LogP contribution in [0, 0.1) is 11.2 Å². The number of methoxy groups -OCH3 is 1. The van der Waals surface area contributed by atoms with Gasteiger partial charge in [0.05, 0.1) is 31.8 Å². The number of hydrogen-bond donors (Lipinski definition) is 3. The van der Waals surface area contributed by atoms with Gasteiger partial charge in [0.15, 0.2) is 11.6 Å². The van der Waals surface area contributed by atoms with Crippen molar-refractivity contribution in [2.75, 3.05) is 7.11 Å². The van der Waals surface area contributed by atoms with Crippen molar-refractivity contribution in [3.63, 3.8) is 0 Å². The van der Waals surface area contributed by atoms with Gasteiger partial charge in [-0.15, -0.1) is 13.2 Å². The van der Waals surface area contributed by atoms with E-state index in [9.17, 15) is 27.2 Å². The first-order valence-electron chi connectivity index (χ1n) is 11.3. The van der Waals surface area contributed by atoms with E-state index in [2.05, 4.69) is 20.7 Å². The van der Waals surface area contributed by atoms with Crippen LogP contribution >= 0.6 is 0 Å². The summed E-state index contributed by atoms with van der Waals surface area (Å²) in [4.78, 5) is 25.5. The minimum absolute atomic E-state index is 0.0999. The summed E-state index contributed by atoms with van der Waals surface area (Å²) in [7, 11) is 1.36. The molecule has 7 nitrogen and oxygen atoms in total. The van der Waals surface area contributed by atoms with Gasteiger partial charge in [-0.2, -0.15) is 0 Å². The summed E-state index contributed by atoms with van der Waals surface area (Å²) in [5.74, 6) is -1.58. The molecule has 2 unspecified atom stereocenters. The van der Waals surface area contributed by atoms with Crippen LogP contribution in [0.1, 0.15) is 44.4 Å². The van der Waals surface area contributed by atoms with Gasteiger partial charge in [0, 0.05) is 6.42 Å². The average Bonchev–Trinajstić information content (AvgIpc) is 2.76. The molecule has 0 aromatic heterocycles. The first-order chi connectivity index (χ1) is 16.7. The summed E-state index contributed by atoms with van der Waals surface area (Å²) in [5.41, 5.74) is 0.677. The highest BCUT2D eigenvalue weighted by atomic mass is 19.4. The van der Waals surface area contributed by atoms with Gasteiger partial charge in [0.1, 0.15) is 5.75 Å². The van der Waals surface area contributed by atoms with Gasteiger partial charge < -0.3 is 20.1 Å². The molecule has 2 aromatic carbocycles. The summed E-state index contributed by atoms with van der Waals surface area (Å²) < 4.78 is 60.3. The lowest BCUT2D eigenvalue weighted by atomic mass is 9.82. The molecule has 0 spiro atoms. The fourth-order valence-corrected chi connectivity index (χ4v) is 4.04. The van der Waals surface area contributed by atoms with Gasteiger partial charge >= 0.3 is 6.36 Å². The van der Waals surface area contributed by atoms with E-state index in [1.54, 1.807) is 6.07 Å². The smallest absolute Gasteiger partial charge is 0.494 e. The Balaban J connectivity index is 1.71. The fourth-order valence-electron chi connectivity index (χ4n) is 4.04. The summed E-state index contributed by atoms with van der Waals surface area (Å²) in [5, 5.41) is 8.75. The van der Waals surface area contributed by atoms with Crippen molar-refractivity contribution in [1.29, 1.82) is 0 Å². The van der Waals surface area contributed by atoms with E-state index in [-0.39, 0.29) is 30.2 Å². The molecule has 3 rings (SSSR count). The number of nitrogens with one attached hydrogen (secondary N) is 3. The molecule has 36 heavy (non-hydrogen) atoms. The normalized spacial score (nSPS) is 19.3. The van der Waals surface area contributed by atoms with Gasteiger partial charge in [0.2, 0.25) is 11.8 Å². The summed E-state index contributed by atoms with van der Waals surface area (Å²) in [6, 6.07) is 8.32. The van der Waals surface area contributed by atoms with Crippen molar-refractivity contribution >= 4 is 11.8 Å². The number of ether oxygens (including phenoxy) is 2. The third-order valence-electron chi connectivity index (χ3n) is 5.70. The molecular formula is C25H29F4N3O4. The molecule has 3 atom stereocenters. The minimum Gasteiger partial charge on any atom is -0.494 e.